The SMILES string of the molecule is CCOC1CC(NCCC(=O)N(CC)CC)C1OC. The minimum absolute atomic E-state index is 0.114. The molecule has 5 heteroatoms. The van der Waals surface area contributed by atoms with E-state index in [4.69, 9.17) is 9.47 Å². The molecule has 3 unspecified atom stereocenters. The van der Waals surface area contributed by atoms with Crippen LogP contribution in [0.15, 0.2) is 0 Å². The largest absolute Gasteiger partial charge is 0.377 e. The Morgan fingerprint density at radius 3 is 2.53 bits per heavy atom. The topological polar surface area (TPSA) is 50.8 Å². The number of carbonyl (C=O) groups is 1. The number of carbonyl (C=O) groups excluding carboxylic acids is 1. The first-order valence-electron chi connectivity index (χ1n) is 7.33. The number of hydrogen-bond acceptors (Lipinski definition) is 4. The highest BCUT2D eigenvalue weighted by Crippen LogP contribution is 2.26. The molecule has 5 nitrogen and oxygen atoms in total. The summed E-state index contributed by atoms with van der Waals surface area (Å²) in [5.74, 6) is 0.215. The van der Waals surface area contributed by atoms with Crippen molar-refractivity contribution >= 4 is 5.91 Å². The average Bonchev–Trinajstić information content (AvgIpc) is 2.38. The molecule has 0 spiro atoms. The van der Waals surface area contributed by atoms with Gasteiger partial charge in [-0.05, 0) is 27.2 Å². The Morgan fingerprint density at radius 2 is 2.00 bits per heavy atom. The second-order valence-electron chi connectivity index (χ2n) is 4.81. The van der Waals surface area contributed by atoms with Gasteiger partial charge in [-0.3, -0.25) is 4.79 Å². The normalized spacial score (nSPS) is 26.0. The van der Waals surface area contributed by atoms with E-state index in [1.165, 1.54) is 0 Å². The molecule has 0 aromatic heterocycles. The number of rotatable bonds is 9. The zero-order valence-corrected chi connectivity index (χ0v) is 12.6. The molecule has 1 saturated carbocycles. The van der Waals surface area contributed by atoms with Crippen LogP contribution in [0.3, 0.4) is 0 Å². The minimum atomic E-state index is 0.114. The van der Waals surface area contributed by atoms with E-state index in [0.29, 0.717) is 19.0 Å². The molecule has 1 aliphatic rings. The molecular weight excluding hydrogens is 244 g/mol. The third-order valence-electron chi connectivity index (χ3n) is 3.76. The molecule has 3 atom stereocenters. The molecule has 1 fully saturated rings. The number of amides is 1. The van der Waals surface area contributed by atoms with Crippen LogP contribution in [-0.2, 0) is 14.3 Å². The number of ether oxygens (including phenoxy) is 2. The van der Waals surface area contributed by atoms with E-state index < -0.39 is 0 Å². The minimum Gasteiger partial charge on any atom is -0.377 e. The first kappa shape index (κ1) is 16.4. The molecule has 0 bridgehead atoms. The van der Waals surface area contributed by atoms with E-state index in [1.54, 1.807) is 7.11 Å². The highest BCUT2D eigenvalue weighted by Gasteiger charge is 2.41. The Kier molecular flexibility index (Phi) is 7.34. The Bertz CT molecular complexity index is 269. The van der Waals surface area contributed by atoms with Gasteiger partial charge in [-0.1, -0.05) is 0 Å². The predicted octanol–water partition coefficient (Wildman–Crippen LogP) is 1.03. The predicted molar refractivity (Wildman–Crippen MR) is 75.2 cm³/mol. The molecular formula is C14H28N2O3. The van der Waals surface area contributed by atoms with Crippen LogP contribution in [0.25, 0.3) is 0 Å². The van der Waals surface area contributed by atoms with Gasteiger partial charge in [-0.2, -0.15) is 0 Å². The smallest absolute Gasteiger partial charge is 0.223 e. The summed E-state index contributed by atoms with van der Waals surface area (Å²) in [5, 5.41) is 3.39. The van der Waals surface area contributed by atoms with Crippen LogP contribution in [0.2, 0.25) is 0 Å². The van der Waals surface area contributed by atoms with E-state index in [-0.39, 0.29) is 18.1 Å². The van der Waals surface area contributed by atoms with Gasteiger partial charge in [-0.25, -0.2) is 0 Å². The molecule has 1 aliphatic carbocycles. The van der Waals surface area contributed by atoms with Crippen molar-refractivity contribution in [3.8, 4) is 0 Å². The van der Waals surface area contributed by atoms with Gasteiger partial charge in [0.2, 0.25) is 5.91 Å². The van der Waals surface area contributed by atoms with Gasteiger partial charge < -0.3 is 19.7 Å². The summed E-state index contributed by atoms with van der Waals surface area (Å²) in [7, 11) is 1.71. The van der Waals surface area contributed by atoms with Crippen LogP contribution in [0, 0.1) is 0 Å². The molecule has 19 heavy (non-hydrogen) atoms. The summed E-state index contributed by atoms with van der Waals surface area (Å²) in [4.78, 5) is 13.7. The van der Waals surface area contributed by atoms with Crippen LogP contribution in [0.1, 0.15) is 33.6 Å². The van der Waals surface area contributed by atoms with E-state index >= 15 is 0 Å². The van der Waals surface area contributed by atoms with Crippen molar-refractivity contribution in [1.82, 2.24) is 10.2 Å². The first-order chi connectivity index (χ1) is 9.17. The number of hydrogen-bond donors (Lipinski definition) is 1. The van der Waals surface area contributed by atoms with Crippen molar-refractivity contribution in [2.45, 2.75) is 51.9 Å². The van der Waals surface area contributed by atoms with Crippen LogP contribution < -0.4 is 5.32 Å². The summed E-state index contributed by atoms with van der Waals surface area (Å²) in [6.07, 6.45) is 1.83. The van der Waals surface area contributed by atoms with Gasteiger partial charge in [0.1, 0.15) is 0 Å². The maximum atomic E-state index is 11.8. The Labute approximate surface area is 116 Å². The highest BCUT2D eigenvalue weighted by molar-refractivity contribution is 5.76. The monoisotopic (exact) mass is 272 g/mol. The molecule has 112 valence electrons. The van der Waals surface area contributed by atoms with E-state index in [2.05, 4.69) is 5.32 Å². The summed E-state index contributed by atoms with van der Waals surface area (Å²) in [6, 6.07) is 0.311. The van der Waals surface area contributed by atoms with Crippen LogP contribution in [0.4, 0.5) is 0 Å². The zero-order valence-electron chi connectivity index (χ0n) is 12.6. The van der Waals surface area contributed by atoms with Crippen molar-refractivity contribution in [3.63, 3.8) is 0 Å². The summed E-state index contributed by atoms with van der Waals surface area (Å²) < 4.78 is 11.0. The van der Waals surface area contributed by atoms with Crippen molar-refractivity contribution in [2.24, 2.45) is 0 Å². The van der Waals surface area contributed by atoms with Gasteiger partial charge in [0.05, 0.1) is 12.2 Å². The van der Waals surface area contributed by atoms with E-state index in [0.717, 1.165) is 26.1 Å². The van der Waals surface area contributed by atoms with Gasteiger partial charge in [0.25, 0.3) is 0 Å². The van der Waals surface area contributed by atoms with Gasteiger partial charge >= 0.3 is 0 Å². The molecule has 1 N–H and O–H groups in total. The maximum absolute atomic E-state index is 11.8. The fourth-order valence-corrected chi connectivity index (χ4v) is 2.57. The average molecular weight is 272 g/mol. The fourth-order valence-electron chi connectivity index (χ4n) is 2.57. The Hall–Kier alpha value is -0.650. The van der Waals surface area contributed by atoms with Crippen molar-refractivity contribution in [1.29, 1.82) is 0 Å². The lowest BCUT2D eigenvalue weighted by Gasteiger charge is -2.43. The van der Waals surface area contributed by atoms with Crippen molar-refractivity contribution in [3.05, 3.63) is 0 Å². The Morgan fingerprint density at radius 1 is 1.32 bits per heavy atom. The third kappa shape index (κ3) is 4.44. The highest BCUT2D eigenvalue weighted by atomic mass is 16.5. The zero-order chi connectivity index (χ0) is 14.3. The molecule has 1 rings (SSSR count). The lowest BCUT2D eigenvalue weighted by Crippen LogP contribution is -2.60. The van der Waals surface area contributed by atoms with Crippen molar-refractivity contribution in [2.75, 3.05) is 33.4 Å². The summed E-state index contributed by atoms with van der Waals surface area (Å²) in [6.45, 7) is 9.01. The van der Waals surface area contributed by atoms with Crippen LogP contribution >= 0.6 is 0 Å². The van der Waals surface area contributed by atoms with Gasteiger partial charge in [0.15, 0.2) is 0 Å². The lowest BCUT2D eigenvalue weighted by atomic mass is 9.85. The molecule has 1 amide bonds. The lowest BCUT2D eigenvalue weighted by molar-refractivity contribution is -0.134. The maximum Gasteiger partial charge on any atom is 0.223 e. The molecule has 0 aromatic rings. The molecule has 0 heterocycles. The number of nitrogens with one attached hydrogen (secondary N) is 1. The molecule has 0 radical (unpaired) electrons. The summed E-state index contributed by atoms with van der Waals surface area (Å²) in [5.41, 5.74) is 0. The number of methoxy groups -OCH3 is 1. The second-order valence-corrected chi connectivity index (χ2v) is 4.81. The molecule has 0 aliphatic heterocycles. The molecule has 0 aromatic carbocycles. The van der Waals surface area contributed by atoms with Crippen LogP contribution in [0.5, 0.6) is 0 Å². The molecule has 0 saturated heterocycles. The fraction of sp³-hybridized carbons (Fsp3) is 0.929. The second kappa shape index (κ2) is 8.51. The van der Waals surface area contributed by atoms with Crippen LogP contribution in [-0.4, -0.2) is 62.4 Å². The van der Waals surface area contributed by atoms with Gasteiger partial charge in [-0.15, -0.1) is 0 Å². The third-order valence-corrected chi connectivity index (χ3v) is 3.76. The first-order valence-corrected chi connectivity index (χ1v) is 7.33. The standard InChI is InChI=1S/C14H28N2O3/c1-5-16(6-2)13(17)8-9-15-11-10-12(19-7-3)14(11)18-4/h11-12,14-15H,5-10H2,1-4H3. The Balaban J connectivity index is 2.21. The van der Waals surface area contributed by atoms with Crippen molar-refractivity contribution < 1.29 is 14.3 Å². The number of nitrogens with zero attached hydrogens (tertiary/aromatic N) is 1. The summed E-state index contributed by atoms with van der Waals surface area (Å²) >= 11 is 0. The van der Waals surface area contributed by atoms with E-state index in [1.807, 2.05) is 25.7 Å². The van der Waals surface area contributed by atoms with Gasteiger partial charge in [0, 0.05) is 45.8 Å². The quantitative estimate of drug-likeness (QED) is 0.681. The van der Waals surface area contributed by atoms with E-state index in [9.17, 15) is 4.79 Å².